The fourth-order valence-electron chi connectivity index (χ4n) is 2.63. The molecule has 0 aromatic heterocycles. The molecule has 3 aromatic carbocycles. The largest absolute Gasteiger partial charge is 0.457 e. The van der Waals surface area contributed by atoms with Gasteiger partial charge in [0.25, 0.3) is 0 Å². The minimum absolute atomic E-state index is 0.0843. The number of nitrogens with two attached hydrogens (primary N) is 1. The highest BCUT2D eigenvalue weighted by atomic mass is 16.5. The van der Waals surface area contributed by atoms with Crippen molar-refractivity contribution in [2.24, 2.45) is 0 Å². The van der Waals surface area contributed by atoms with Crippen molar-refractivity contribution in [2.75, 3.05) is 5.73 Å². The standard InChI is InChI=1S/C21H21NO/c1-21(2,16-8-12-18(22)13-9-16)17-10-14-20(15-11-17)23-19-6-4-3-5-7-19/h3-15H,22H2,1-2H3. The van der Waals surface area contributed by atoms with E-state index in [0.29, 0.717) is 0 Å². The van der Waals surface area contributed by atoms with E-state index in [4.69, 9.17) is 10.5 Å². The lowest BCUT2D eigenvalue weighted by Crippen LogP contribution is -2.18. The number of benzene rings is 3. The predicted octanol–water partition coefficient (Wildman–Crippen LogP) is 5.39. The van der Waals surface area contributed by atoms with E-state index in [1.54, 1.807) is 0 Å². The zero-order valence-corrected chi connectivity index (χ0v) is 13.5. The van der Waals surface area contributed by atoms with Gasteiger partial charge in [-0.3, -0.25) is 0 Å². The molecule has 0 saturated heterocycles. The molecule has 0 unspecified atom stereocenters. The highest BCUT2D eigenvalue weighted by Gasteiger charge is 2.22. The molecular weight excluding hydrogens is 282 g/mol. The Morgan fingerprint density at radius 2 is 1.13 bits per heavy atom. The van der Waals surface area contributed by atoms with Gasteiger partial charge < -0.3 is 10.5 Å². The van der Waals surface area contributed by atoms with Crippen LogP contribution in [0.5, 0.6) is 11.5 Å². The first-order valence-electron chi connectivity index (χ1n) is 7.75. The van der Waals surface area contributed by atoms with Crippen molar-refractivity contribution in [1.82, 2.24) is 0 Å². The number of ether oxygens (including phenoxy) is 1. The first kappa shape index (κ1) is 15.2. The van der Waals surface area contributed by atoms with Gasteiger partial charge in [0.1, 0.15) is 11.5 Å². The van der Waals surface area contributed by atoms with Crippen LogP contribution in [-0.4, -0.2) is 0 Å². The normalized spacial score (nSPS) is 11.2. The fraction of sp³-hybridized carbons (Fsp3) is 0.143. The molecular formula is C21H21NO. The van der Waals surface area contributed by atoms with Crippen molar-refractivity contribution in [1.29, 1.82) is 0 Å². The third-order valence-corrected chi connectivity index (χ3v) is 4.19. The van der Waals surface area contributed by atoms with E-state index in [9.17, 15) is 0 Å². The summed E-state index contributed by atoms with van der Waals surface area (Å²) in [6, 6.07) is 26.2. The summed E-state index contributed by atoms with van der Waals surface area (Å²) in [6.07, 6.45) is 0. The number of rotatable bonds is 4. The topological polar surface area (TPSA) is 35.2 Å². The van der Waals surface area contributed by atoms with Crippen LogP contribution in [0.25, 0.3) is 0 Å². The van der Waals surface area contributed by atoms with Gasteiger partial charge in [-0.1, -0.05) is 56.3 Å². The van der Waals surface area contributed by atoms with Crippen molar-refractivity contribution < 1.29 is 4.74 Å². The molecule has 0 aliphatic carbocycles. The molecule has 0 fully saturated rings. The molecule has 23 heavy (non-hydrogen) atoms. The van der Waals surface area contributed by atoms with E-state index in [0.717, 1.165) is 17.2 Å². The maximum atomic E-state index is 5.85. The molecule has 0 saturated carbocycles. The van der Waals surface area contributed by atoms with Gasteiger partial charge in [-0.25, -0.2) is 0 Å². The second-order valence-corrected chi connectivity index (χ2v) is 6.19. The van der Waals surface area contributed by atoms with Crippen LogP contribution in [0.2, 0.25) is 0 Å². The summed E-state index contributed by atoms with van der Waals surface area (Å²) in [4.78, 5) is 0. The second kappa shape index (κ2) is 6.17. The molecule has 0 heterocycles. The average molecular weight is 303 g/mol. The highest BCUT2D eigenvalue weighted by Crippen LogP contribution is 2.33. The summed E-state index contributed by atoms with van der Waals surface area (Å²) >= 11 is 0. The number of hydrogen-bond acceptors (Lipinski definition) is 2. The zero-order chi connectivity index (χ0) is 16.3. The molecule has 0 spiro atoms. The summed E-state index contributed by atoms with van der Waals surface area (Å²) in [5, 5.41) is 0. The predicted molar refractivity (Wildman–Crippen MR) is 95.9 cm³/mol. The number of nitrogen functional groups attached to an aromatic ring is 1. The first-order chi connectivity index (χ1) is 11.1. The lowest BCUT2D eigenvalue weighted by molar-refractivity contribution is 0.482. The number of para-hydroxylation sites is 1. The summed E-state index contributed by atoms with van der Waals surface area (Å²) in [5.74, 6) is 1.69. The van der Waals surface area contributed by atoms with Crippen LogP contribution in [-0.2, 0) is 5.41 Å². The molecule has 3 rings (SSSR count). The van der Waals surface area contributed by atoms with Crippen molar-refractivity contribution in [3.05, 3.63) is 90.0 Å². The Morgan fingerprint density at radius 1 is 0.652 bits per heavy atom. The highest BCUT2D eigenvalue weighted by molar-refractivity contribution is 5.46. The van der Waals surface area contributed by atoms with Crippen LogP contribution in [0.15, 0.2) is 78.9 Å². The zero-order valence-electron chi connectivity index (χ0n) is 13.5. The third-order valence-electron chi connectivity index (χ3n) is 4.19. The van der Waals surface area contributed by atoms with Gasteiger partial charge in [0, 0.05) is 11.1 Å². The molecule has 3 aromatic rings. The number of anilines is 1. The molecule has 2 heteroatoms. The van der Waals surface area contributed by atoms with E-state index in [1.807, 2.05) is 54.6 Å². The molecule has 0 bridgehead atoms. The van der Waals surface area contributed by atoms with Gasteiger partial charge in [0.2, 0.25) is 0 Å². The van der Waals surface area contributed by atoms with Crippen LogP contribution in [0, 0.1) is 0 Å². The Kier molecular flexibility index (Phi) is 4.07. The third kappa shape index (κ3) is 3.37. The Labute approximate surface area is 137 Å². The van der Waals surface area contributed by atoms with Crippen molar-refractivity contribution in [3.8, 4) is 11.5 Å². The lowest BCUT2D eigenvalue weighted by Gasteiger charge is -2.26. The average Bonchev–Trinajstić information content (AvgIpc) is 2.57. The molecule has 116 valence electrons. The molecule has 2 N–H and O–H groups in total. The van der Waals surface area contributed by atoms with E-state index < -0.39 is 0 Å². The van der Waals surface area contributed by atoms with Crippen LogP contribution in [0.1, 0.15) is 25.0 Å². The SMILES string of the molecule is CC(C)(c1ccc(N)cc1)c1ccc(Oc2ccccc2)cc1. The second-order valence-electron chi connectivity index (χ2n) is 6.19. The van der Waals surface area contributed by atoms with Crippen molar-refractivity contribution in [3.63, 3.8) is 0 Å². The first-order valence-corrected chi connectivity index (χ1v) is 7.75. The van der Waals surface area contributed by atoms with Crippen LogP contribution in [0.3, 0.4) is 0 Å². The Bertz CT molecular complexity index is 759. The van der Waals surface area contributed by atoms with E-state index in [2.05, 4.69) is 38.1 Å². The van der Waals surface area contributed by atoms with Crippen molar-refractivity contribution in [2.45, 2.75) is 19.3 Å². The molecule has 2 nitrogen and oxygen atoms in total. The maximum absolute atomic E-state index is 5.85. The number of hydrogen-bond donors (Lipinski definition) is 1. The molecule has 0 radical (unpaired) electrons. The summed E-state index contributed by atoms with van der Waals surface area (Å²) < 4.78 is 5.85. The smallest absolute Gasteiger partial charge is 0.127 e. The Hall–Kier alpha value is -2.74. The summed E-state index contributed by atoms with van der Waals surface area (Å²) in [5.41, 5.74) is 8.97. The minimum Gasteiger partial charge on any atom is -0.457 e. The molecule has 0 aliphatic heterocycles. The van der Waals surface area contributed by atoms with Gasteiger partial charge in [0.05, 0.1) is 0 Å². The lowest BCUT2D eigenvalue weighted by atomic mass is 9.78. The minimum atomic E-state index is -0.0843. The fourth-order valence-corrected chi connectivity index (χ4v) is 2.63. The van der Waals surface area contributed by atoms with E-state index in [1.165, 1.54) is 11.1 Å². The van der Waals surface area contributed by atoms with Crippen LogP contribution >= 0.6 is 0 Å². The molecule has 0 amide bonds. The Morgan fingerprint density at radius 3 is 1.70 bits per heavy atom. The quantitative estimate of drug-likeness (QED) is 0.656. The molecule has 0 aliphatic rings. The van der Waals surface area contributed by atoms with E-state index in [-0.39, 0.29) is 5.41 Å². The van der Waals surface area contributed by atoms with Gasteiger partial charge in [0.15, 0.2) is 0 Å². The Balaban J connectivity index is 1.82. The maximum Gasteiger partial charge on any atom is 0.127 e. The summed E-state index contributed by atoms with van der Waals surface area (Å²) in [7, 11) is 0. The monoisotopic (exact) mass is 303 g/mol. The van der Waals surface area contributed by atoms with Gasteiger partial charge in [-0.2, -0.15) is 0 Å². The summed E-state index contributed by atoms with van der Waals surface area (Å²) in [6.45, 7) is 4.43. The van der Waals surface area contributed by atoms with Crippen molar-refractivity contribution >= 4 is 5.69 Å². The molecule has 0 atom stereocenters. The van der Waals surface area contributed by atoms with E-state index >= 15 is 0 Å². The van der Waals surface area contributed by atoms with Gasteiger partial charge >= 0.3 is 0 Å². The van der Waals surface area contributed by atoms with Gasteiger partial charge in [-0.15, -0.1) is 0 Å². The van der Waals surface area contributed by atoms with Crippen LogP contribution in [0.4, 0.5) is 5.69 Å². The van der Waals surface area contributed by atoms with Gasteiger partial charge in [-0.05, 0) is 47.5 Å². The van der Waals surface area contributed by atoms with Crippen LogP contribution < -0.4 is 10.5 Å².